The number of benzene rings is 1. The molecule has 0 aliphatic rings. The van der Waals surface area contributed by atoms with Crippen LogP contribution < -0.4 is 20.1 Å². The van der Waals surface area contributed by atoms with Gasteiger partial charge in [0.2, 0.25) is 0 Å². The third kappa shape index (κ3) is 10.1. The van der Waals surface area contributed by atoms with E-state index in [0.29, 0.717) is 31.1 Å². The van der Waals surface area contributed by atoms with Gasteiger partial charge in [0.15, 0.2) is 18.1 Å². The van der Waals surface area contributed by atoms with Crippen LogP contribution in [-0.4, -0.2) is 43.3 Å². The molecule has 1 aromatic carbocycles. The number of rotatable bonds is 9. The lowest BCUT2D eigenvalue weighted by molar-refractivity contribution is -0.148. The van der Waals surface area contributed by atoms with Gasteiger partial charge in [-0.25, -0.2) is 4.79 Å². The maximum atomic E-state index is 11.7. The van der Waals surface area contributed by atoms with Gasteiger partial charge in [-0.05, 0) is 46.2 Å². The molecule has 8 nitrogen and oxygen atoms in total. The molecule has 0 saturated carbocycles. The fourth-order valence-corrected chi connectivity index (χ4v) is 2.00. The van der Waals surface area contributed by atoms with Crippen LogP contribution in [0.4, 0.5) is 4.79 Å². The van der Waals surface area contributed by atoms with Gasteiger partial charge in [0.1, 0.15) is 0 Å². The lowest BCUT2D eigenvalue weighted by Crippen LogP contribution is -2.49. The number of nitrogens with one attached hydrogen (secondary N) is 2. The molecule has 0 atom stereocenters. The molecule has 0 unspecified atom stereocenters. The molecule has 27 heavy (non-hydrogen) atoms. The van der Waals surface area contributed by atoms with E-state index in [1.165, 1.54) is 0 Å². The number of esters is 1. The summed E-state index contributed by atoms with van der Waals surface area (Å²) in [7, 11) is 0. The molecule has 1 rings (SSSR count). The Kier molecular flexibility index (Phi) is 9.12. The van der Waals surface area contributed by atoms with Gasteiger partial charge in [0.05, 0.1) is 13.2 Å². The normalized spacial score (nSPS) is 10.7. The SMILES string of the molecule is CCOc1ccccc1OCCCC(=O)OCC(=O)NC(=O)NC(C)(C)C. The molecule has 0 bridgehead atoms. The Morgan fingerprint density at radius 2 is 1.67 bits per heavy atom. The lowest BCUT2D eigenvalue weighted by Gasteiger charge is -2.20. The smallest absolute Gasteiger partial charge is 0.321 e. The van der Waals surface area contributed by atoms with E-state index in [-0.39, 0.29) is 6.42 Å². The van der Waals surface area contributed by atoms with Crippen LogP contribution >= 0.6 is 0 Å². The largest absolute Gasteiger partial charge is 0.490 e. The van der Waals surface area contributed by atoms with Crippen LogP contribution in [0.3, 0.4) is 0 Å². The summed E-state index contributed by atoms with van der Waals surface area (Å²) in [5.41, 5.74) is -0.470. The quantitative estimate of drug-likeness (QED) is 0.504. The Balaban J connectivity index is 2.22. The number of imide groups is 1. The van der Waals surface area contributed by atoms with Crippen LogP contribution in [0, 0.1) is 0 Å². The van der Waals surface area contributed by atoms with Gasteiger partial charge in [-0.1, -0.05) is 12.1 Å². The predicted octanol–water partition coefficient (Wildman–Crippen LogP) is 2.41. The molecule has 0 aliphatic carbocycles. The number of hydrogen-bond donors (Lipinski definition) is 2. The van der Waals surface area contributed by atoms with Crippen LogP contribution in [0.15, 0.2) is 24.3 Å². The molecule has 2 N–H and O–H groups in total. The molecule has 1 aromatic rings. The minimum absolute atomic E-state index is 0.0955. The molecule has 0 radical (unpaired) electrons. The first-order valence-electron chi connectivity index (χ1n) is 8.83. The summed E-state index contributed by atoms with van der Waals surface area (Å²) < 4.78 is 15.9. The average molecular weight is 380 g/mol. The van der Waals surface area contributed by atoms with E-state index in [2.05, 4.69) is 10.6 Å². The molecule has 0 aromatic heterocycles. The molecule has 8 heteroatoms. The summed E-state index contributed by atoms with van der Waals surface area (Å²) in [5.74, 6) is 0.0276. The van der Waals surface area contributed by atoms with Crippen molar-refractivity contribution in [3.05, 3.63) is 24.3 Å². The first-order valence-corrected chi connectivity index (χ1v) is 8.83. The second kappa shape index (κ2) is 11.1. The van der Waals surface area contributed by atoms with Gasteiger partial charge < -0.3 is 19.5 Å². The first-order chi connectivity index (χ1) is 12.7. The zero-order valence-corrected chi connectivity index (χ0v) is 16.3. The van der Waals surface area contributed by atoms with Gasteiger partial charge in [0, 0.05) is 12.0 Å². The van der Waals surface area contributed by atoms with Crippen LogP contribution in [0.2, 0.25) is 0 Å². The molecule has 0 fully saturated rings. The summed E-state index contributed by atoms with van der Waals surface area (Å²) in [6, 6.07) is 6.64. The van der Waals surface area contributed by atoms with Gasteiger partial charge in [-0.15, -0.1) is 0 Å². The van der Waals surface area contributed by atoms with Crippen molar-refractivity contribution in [2.45, 2.75) is 46.1 Å². The predicted molar refractivity (Wildman–Crippen MR) is 99.7 cm³/mol. The average Bonchev–Trinajstić information content (AvgIpc) is 2.56. The Morgan fingerprint density at radius 1 is 1.04 bits per heavy atom. The minimum atomic E-state index is -0.688. The first kappa shape index (κ1) is 22.3. The van der Waals surface area contributed by atoms with Crippen molar-refractivity contribution in [1.29, 1.82) is 0 Å². The van der Waals surface area contributed by atoms with Gasteiger partial charge >= 0.3 is 12.0 Å². The number of hydrogen-bond acceptors (Lipinski definition) is 6. The van der Waals surface area contributed by atoms with Crippen molar-refractivity contribution in [2.24, 2.45) is 0 Å². The Hall–Kier alpha value is -2.77. The highest BCUT2D eigenvalue weighted by atomic mass is 16.5. The minimum Gasteiger partial charge on any atom is -0.490 e. The van der Waals surface area contributed by atoms with Crippen LogP contribution in [0.1, 0.15) is 40.5 Å². The fraction of sp³-hybridized carbons (Fsp3) is 0.526. The van der Waals surface area contributed by atoms with Crippen molar-refractivity contribution < 1.29 is 28.6 Å². The van der Waals surface area contributed by atoms with E-state index in [4.69, 9.17) is 14.2 Å². The molecule has 3 amide bonds. The van der Waals surface area contributed by atoms with E-state index < -0.39 is 30.1 Å². The maximum Gasteiger partial charge on any atom is 0.321 e. The monoisotopic (exact) mass is 380 g/mol. The Morgan fingerprint density at radius 3 is 2.26 bits per heavy atom. The van der Waals surface area contributed by atoms with Crippen molar-refractivity contribution in [1.82, 2.24) is 10.6 Å². The molecule has 150 valence electrons. The van der Waals surface area contributed by atoms with Crippen LogP contribution in [-0.2, 0) is 14.3 Å². The van der Waals surface area contributed by atoms with Crippen LogP contribution in [0.5, 0.6) is 11.5 Å². The highest BCUT2D eigenvalue weighted by molar-refractivity contribution is 5.95. The summed E-state index contributed by atoms with van der Waals surface area (Å²) in [5, 5.41) is 4.66. The summed E-state index contributed by atoms with van der Waals surface area (Å²) in [6.45, 7) is 7.56. The second-order valence-electron chi connectivity index (χ2n) is 6.74. The Labute approximate surface area is 159 Å². The van der Waals surface area contributed by atoms with Gasteiger partial charge in [-0.3, -0.25) is 14.9 Å². The number of urea groups is 1. The second-order valence-corrected chi connectivity index (χ2v) is 6.74. The summed E-state index contributed by atoms with van der Waals surface area (Å²) in [6.07, 6.45) is 0.518. The van der Waals surface area contributed by atoms with Crippen molar-refractivity contribution in [2.75, 3.05) is 19.8 Å². The number of carbonyl (C=O) groups is 3. The number of ether oxygens (including phenoxy) is 3. The van der Waals surface area contributed by atoms with E-state index in [1.54, 1.807) is 26.8 Å². The Bertz CT molecular complexity index is 639. The van der Waals surface area contributed by atoms with Crippen molar-refractivity contribution >= 4 is 17.9 Å². The summed E-state index contributed by atoms with van der Waals surface area (Å²) >= 11 is 0. The van der Waals surface area contributed by atoms with Crippen LogP contribution in [0.25, 0.3) is 0 Å². The van der Waals surface area contributed by atoms with Gasteiger partial charge in [-0.2, -0.15) is 0 Å². The lowest BCUT2D eigenvalue weighted by atomic mass is 10.1. The zero-order chi connectivity index (χ0) is 20.3. The molecular weight excluding hydrogens is 352 g/mol. The highest BCUT2D eigenvalue weighted by Crippen LogP contribution is 2.26. The van der Waals surface area contributed by atoms with E-state index >= 15 is 0 Å². The maximum absolute atomic E-state index is 11.7. The number of amides is 3. The zero-order valence-electron chi connectivity index (χ0n) is 16.3. The molecule has 0 heterocycles. The van der Waals surface area contributed by atoms with E-state index in [0.717, 1.165) is 0 Å². The van der Waals surface area contributed by atoms with Crippen molar-refractivity contribution in [3.63, 3.8) is 0 Å². The number of para-hydroxylation sites is 2. The van der Waals surface area contributed by atoms with Gasteiger partial charge in [0.25, 0.3) is 5.91 Å². The van der Waals surface area contributed by atoms with E-state index in [9.17, 15) is 14.4 Å². The van der Waals surface area contributed by atoms with Crippen molar-refractivity contribution in [3.8, 4) is 11.5 Å². The molecule has 0 aliphatic heterocycles. The molecule has 0 spiro atoms. The number of carbonyl (C=O) groups excluding carboxylic acids is 3. The fourth-order valence-electron chi connectivity index (χ4n) is 2.00. The summed E-state index contributed by atoms with van der Waals surface area (Å²) in [4.78, 5) is 34.8. The topological polar surface area (TPSA) is 103 Å². The third-order valence-electron chi connectivity index (χ3n) is 3.04. The van der Waals surface area contributed by atoms with E-state index in [1.807, 2.05) is 25.1 Å². The molecule has 0 saturated heterocycles. The third-order valence-corrected chi connectivity index (χ3v) is 3.04. The molecular formula is C19H28N2O6. The highest BCUT2D eigenvalue weighted by Gasteiger charge is 2.16. The standard InChI is InChI=1S/C19H28N2O6/c1-5-25-14-9-6-7-10-15(14)26-12-8-11-17(23)27-13-16(22)20-18(24)21-19(2,3)4/h6-7,9-10H,5,8,11-13H2,1-4H3,(H2,20,21,22,24).